The minimum absolute atomic E-state index is 0. The maximum Gasteiger partial charge on any atom is 1.00 e. The van der Waals surface area contributed by atoms with Crippen LogP contribution in [-0.2, 0) is 14.3 Å². The standard InChI is InChI=1S/C10H17NO4.Na/c1-15-7-10(5-2-6-10)11-8(12)3-4-9(13)14;/h2-7H2,1H3,(H,11,12)(H,13,14);/q;+1/p-1. The van der Waals surface area contributed by atoms with Crippen molar-refractivity contribution in [2.75, 3.05) is 13.7 Å². The molecule has 16 heavy (non-hydrogen) atoms. The van der Waals surface area contributed by atoms with Crippen LogP contribution in [0.2, 0.25) is 0 Å². The normalized spacial score (nSPS) is 16.8. The van der Waals surface area contributed by atoms with Crippen LogP contribution in [0, 0.1) is 0 Å². The van der Waals surface area contributed by atoms with Crippen LogP contribution in [0.25, 0.3) is 0 Å². The first-order valence-corrected chi connectivity index (χ1v) is 5.08. The second kappa shape index (κ2) is 7.27. The first-order valence-electron chi connectivity index (χ1n) is 5.08. The summed E-state index contributed by atoms with van der Waals surface area (Å²) in [7, 11) is 1.59. The summed E-state index contributed by atoms with van der Waals surface area (Å²) in [6, 6.07) is 0. The molecule has 0 aliphatic heterocycles. The van der Waals surface area contributed by atoms with Crippen LogP contribution in [0.15, 0.2) is 0 Å². The number of nitrogens with one attached hydrogen (secondary N) is 1. The van der Waals surface area contributed by atoms with Gasteiger partial charge in [-0.3, -0.25) is 4.79 Å². The molecule has 5 nitrogen and oxygen atoms in total. The van der Waals surface area contributed by atoms with Gasteiger partial charge in [0.2, 0.25) is 5.91 Å². The number of amides is 1. The molecule has 1 amide bonds. The average Bonchev–Trinajstić information content (AvgIpc) is 2.11. The number of carbonyl (C=O) groups excluding carboxylic acids is 2. The molecule has 0 unspecified atom stereocenters. The molecule has 1 rings (SSSR count). The van der Waals surface area contributed by atoms with Gasteiger partial charge in [-0.15, -0.1) is 0 Å². The maximum absolute atomic E-state index is 11.4. The van der Waals surface area contributed by atoms with Gasteiger partial charge in [0.1, 0.15) is 0 Å². The molecule has 0 aromatic rings. The molecular weight excluding hydrogens is 221 g/mol. The van der Waals surface area contributed by atoms with E-state index in [1.54, 1.807) is 7.11 Å². The number of carbonyl (C=O) groups is 2. The molecule has 0 radical (unpaired) electrons. The monoisotopic (exact) mass is 237 g/mol. The van der Waals surface area contributed by atoms with Crippen LogP contribution in [0.5, 0.6) is 0 Å². The summed E-state index contributed by atoms with van der Waals surface area (Å²) in [5, 5.41) is 13.0. The number of methoxy groups -OCH3 is 1. The zero-order chi connectivity index (χ0) is 11.3. The Morgan fingerprint density at radius 1 is 1.38 bits per heavy atom. The van der Waals surface area contributed by atoms with Gasteiger partial charge in [-0.1, -0.05) is 0 Å². The van der Waals surface area contributed by atoms with Crippen molar-refractivity contribution >= 4 is 11.9 Å². The third kappa shape index (κ3) is 4.82. The SMILES string of the molecule is COCC1(NC(=O)CCC(=O)[O-])CCC1.[Na+]. The van der Waals surface area contributed by atoms with Crippen LogP contribution in [0.4, 0.5) is 0 Å². The summed E-state index contributed by atoms with van der Waals surface area (Å²) < 4.78 is 5.03. The number of ether oxygens (including phenoxy) is 1. The number of hydrogen-bond donors (Lipinski definition) is 1. The van der Waals surface area contributed by atoms with E-state index in [-0.39, 0.29) is 53.8 Å². The zero-order valence-electron chi connectivity index (χ0n) is 9.88. The second-order valence-electron chi connectivity index (χ2n) is 3.99. The quantitative estimate of drug-likeness (QED) is 0.481. The van der Waals surface area contributed by atoms with E-state index in [1.165, 1.54) is 0 Å². The fraction of sp³-hybridized carbons (Fsp3) is 0.800. The van der Waals surface area contributed by atoms with E-state index in [0.717, 1.165) is 19.3 Å². The van der Waals surface area contributed by atoms with E-state index in [1.807, 2.05) is 0 Å². The first-order chi connectivity index (χ1) is 7.08. The molecule has 0 bridgehead atoms. The number of carboxylic acid groups (broad SMARTS) is 1. The number of hydrogen-bond acceptors (Lipinski definition) is 4. The third-order valence-electron chi connectivity index (χ3n) is 2.69. The zero-order valence-corrected chi connectivity index (χ0v) is 11.9. The predicted octanol–water partition coefficient (Wildman–Crippen LogP) is -3.79. The maximum atomic E-state index is 11.4. The van der Waals surface area contributed by atoms with Crippen LogP contribution < -0.4 is 40.0 Å². The molecule has 0 atom stereocenters. The summed E-state index contributed by atoms with van der Waals surface area (Å²) >= 11 is 0. The number of carboxylic acids is 1. The van der Waals surface area contributed by atoms with Gasteiger partial charge in [0.25, 0.3) is 0 Å². The molecule has 0 spiro atoms. The van der Waals surface area contributed by atoms with Crippen LogP contribution in [0.3, 0.4) is 0 Å². The summed E-state index contributed by atoms with van der Waals surface area (Å²) in [6.45, 7) is 0.490. The molecule has 1 aliphatic carbocycles. The van der Waals surface area contributed by atoms with E-state index in [0.29, 0.717) is 6.61 Å². The Kier molecular flexibility index (Phi) is 7.22. The Labute approximate surface area is 117 Å². The van der Waals surface area contributed by atoms with E-state index in [2.05, 4.69) is 5.32 Å². The fourth-order valence-electron chi connectivity index (χ4n) is 1.76. The molecule has 0 aromatic carbocycles. The Morgan fingerprint density at radius 3 is 2.38 bits per heavy atom. The second-order valence-corrected chi connectivity index (χ2v) is 3.99. The van der Waals surface area contributed by atoms with Crippen molar-refractivity contribution in [2.24, 2.45) is 0 Å². The molecule has 6 heteroatoms. The number of rotatable bonds is 6. The molecular formula is C10H16NNaO4. The van der Waals surface area contributed by atoms with Gasteiger partial charge in [0, 0.05) is 19.5 Å². The Bertz CT molecular complexity index is 253. The molecule has 1 fully saturated rings. The van der Waals surface area contributed by atoms with Gasteiger partial charge in [-0.25, -0.2) is 0 Å². The van der Waals surface area contributed by atoms with Crippen molar-refractivity contribution in [3.63, 3.8) is 0 Å². The van der Waals surface area contributed by atoms with Crippen molar-refractivity contribution in [2.45, 2.75) is 37.6 Å². The largest absolute Gasteiger partial charge is 1.00 e. The van der Waals surface area contributed by atoms with Gasteiger partial charge in [-0.05, 0) is 25.7 Å². The summed E-state index contributed by atoms with van der Waals surface area (Å²) in [6.07, 6.45) is 2.63. The average molecular weight is 237 g/mol. The molecule has 86 valence electrons. The predicted molar refractivity (Wildman–Crippen MR) is 50.8 cm³/mol. The van der Waals surface area contributed by atoms with Crippen molar-refractivity contribution in [1.29, 1.82) is 0 Å². The minimum atomic E-state index is -1.19. The van der Waals surface area contributed by atoms with Gasteiger partial charge in [0.05, 0.1) is 12.1 Å². The van der Waals surface area contributed by atoms with Gasteiger partial charge in [-0.2, -0.15) is 0 Å². The van der Waals surface area contributed by atoms with Gasteiger partial charge < -0.3 is 20.0 Å². The van der Waals surface area contributed by atoms with E-state index < -0.39 is 5.97 Å². The third-order valence-corrected chi connectivity index (χ3v) is 2.69. The Morgan fingerprint density at radius 2 is 2.00 bits per heavy atom. The molecule has 1 saturated carbocycles. The molecule has 0 aromatic heterocycles. The Balaban J connectivity index is 0.00000225. The summed E-state index contributed by atoms with van der Waals surface area (Å²) in [5.74, 6) is -1.43. The summed E-state index contributed by atoms with van der Waals surface area (Å²) in [5.41, 5.74) is -0.252. The van der Waals surface area contributed by atoms with E-state index in [4.69, 9.17) is 4.74 Å². The molecule has 1 N–H and O–H groups in total. The topological polar surface area (TPSA) is 78.5 Å². The van der Waals surface area contributed by atoms with E-state index in [9.17, 15) is 14.7 Å². The van der Waals surface area contributed by atoms with Crippen molar-refractivity contribution < 1.29 is 49.0 Å². The molecule has 0 saturated heterocycles. The Hall–Kier alpha value is -0.100. The van der Waals surface area contributed by atoms with Crippen LogP contribution in [-0.4, -0.2) is 31.1 Å². The van der Waals surface area contributed by atoms with Gasteiger partial charge >= 0.3 is 29.6 Å². The van der Waals surface area contributed by atoms with Crippen LogP contribution in [0.1, 0.15) is 32.1 Å². The van der Waals surface area contributed by atoms with Gasteiger partial charge in [0.15, 0.2) is 0 Å². The number of aliphatic carboxylic acids is 1. The van der Waals surface area contributed by atoms with E-state index >= 15 is 0 Å². The smallest absolute Gasteiger partial charge is 0.550 e. The first kappa shape index (κ1) is 15.9. The van der Waals surface area contributed by atoms with Crippen LogP contribution >= 0.6 is 0 Å². The fourth-order valence-corrected chi connectivity index (χ4v) is 1.76. The molecule has 1 aliphatic rings. The minimum Gasteiger partial charge on any atom is -0.550 e. The van der Waals surface area contributed by atoms with Crippen molar-refractivity contribution in [1.82, 2.24) is 5.32 Å². The van der Waals surface area contributed by atoms with Crippen molar-refractivity contribution in [3.05, 3.63) is 0 Å². The van der Waals surface area contributed by atoms with Crippen molar-refractivity contribution in [3.8, 4) is 0 Å². The molecule has 0 heterocycles. The summed E-state index contributed by atoms with van der Waals surface area (Å²) in [4.78, 5) is 21.5.